The maximum Gasteiger partial charge on any atom is 0.317 e. The molecule has 3 heterocycles. The standard InChI is InChI=1S/C19H22N4O2/c1-13-12-16(15-4-2-3-5-17(15)21-13)18(24)22-9-6-14(7-10-22)23-11-8-20-19(23)25/h2-5,12,14H,6-11H2,1H3,(H,20,25). The minimum absolute atomic E-state index is 0.0283. The average Bonchev–Trinajstić information content (AvgIpc) is 3.06. The number of rotatable bonds is 2. The lowest BCUT2D eigenvalue weighted by Crippen LogP contribution is -2.47. The lowest BCUT2D eigenvalue weighted by molar-refractivity contribution is 0.0668. The van der Waals surface area contributed by atoms with Gasteiger partial charge in [0, 0.05) is 43.3 Å². The number of hydrogen-bond donors (Lipinski definition) is 1. The zero-order valence-corrected chi connectivity index (χ0v) is 14.4. The fourth-order valence-electron chi connectivity index (χ4n) is 3.87. The molecule has 25 heavy (non-hydrogen) atoms. The largest absolute Gasteiger partial charge is 0.338 e. The Balaban J connectivity index is 1.52. The van der Waals surface area contributed by atoms with Crippen molar-refractivity contribution in [3.05, 3.63) is 41.6 Å². The number of nitrogens with zero attached hydrogens (tertiary/aromatic N) is 3. The molecule has 0 unspecified atom stereocenters. The number of aromatic nitrogens is 1. The Morgan fingerprint density at radius 1 is 1.20 bits per heavy atom. The number of fused-ring (bicyclic) bond motifs is 1. The number of carbonyl (C=O) groups is 2. The number of piperidine rings is 1. The molecule has 1 aromatic carbocycles. The van der Waals surface area contributed by atoms with E-state index in [0.717, 1.165) is 48.1 Å². The molecule has 2 saturated heterocycles. The summed E-state index contributed by atoms with van der Waals surface area (Å²) >= 11 is 0. The van der Waals surface area contributed by atoms with Crippen molar-refractivity contribution in [2.45, 2.75) is 25.8 Å². The molecule has 0 spiro atoms. The highest BCUT2D eigenvalue weighted by molar-refractivity contribution is 6.06. The first-order valence-electron chi connectivity index (χ1n) is 8.83. The monoisotopic (exact) mass is 338 g/mol. The smallest absolute Gasteiger partial charge is 0.317 e. The Labute approximate surface area is 146 Å². The van der Waals surface area contributed by atoms with Crippen molar-refractivity contribution in [1.82, 2.24) is 20.1 Å². The van der Waals surface area contributed by atoms with E-state index in [-0.39, 0.29) is 18.0 Å². The third-order valence-corrected chi connectivity index (χ3v) is 5.16. The van der Waals surface area contributed by atoms with Gasteiger partial charge in [0.25, 0.3) is 5.91 Å². The van der Waals surface area contributed by atoms with Gasteiger partial charge in [0.15, 0.2) is 0 Å². The molecule has 0 atom stereocenters. The topological polar surface area (TPSA) is 65.5 Å². The van der Waals surface area contributed by atoms with Crippen molar-refractivity contribution >= 4 is 22.8 Å². The second-order valence-electron chi connectivity index (χ2n) is 6.78. The highest BCUT2D eigenvalue weighted by Crippen LogP contribution is 2.23. The summed E-state index contributed by atoms with van der Waals surface area (Å²) in [5.74, 6) is 0.0611. The third-order valence-electron chi connectivity index (χ3n) is 5.16. The minimum Gasteiger partial charge on any atom is -0.338 e. The van der Waals surface area contributed by atoms with E-state index in [2.05, 4.69) is 10.3 Å². The maximum absolute atomic E-state index is 13.1. The summed E-state index contributed by atoms with van der Waals surface area (Å²) in [6, 6.07) is 9.92. The second-order valence-corrected chi connectivity index (χ2v) is 6.78. The number of hydrogen-bond acceptors (Lipinski definition) is 3. The predicted octanol–water partition coefficient (Wildman–Crippen LogP) is 2.17. The molecule has 3 amide bonds. The van der Waals surface area contributed by atoms with Gasteiger partial charge in [0.2, 0.25) is 0 Å². The lowest BCUT2D eigenvalue weighted by Gasteiger charge is -2.36. The molecule has 0 saturated carbocycles. The fourth-order valence-corrected chi connectivity index (χ4v) is 3.87. The van der Waals surface area contributed by atoms with Crippen molar-refractivity contribution in [1.29, 1.82) is 0 Å². The van der Waals surface area contributed by atoms with Gasteiger partial charge in [-0.1, -0.05) is 18.2 Å². The summed E-state index contributed by atoms with van der Waals surface area (Å²) in [6.07, 6.45) is 1.67. The molecule has 0 bridgehead atoms. The van der Waals surface area contributed by atoms with Crippen LogP contribution in [0.1, 0.15) is 28.9 Å². The maximum atomic E-state index is 13.1. The highest BCUT2D eigenvalue weighted by atomic mass is 16.2. The van der Waals surface area contributed by atoms with E-state index in [4.69, 9.17) is 0 Å². The summed E-state index contributed by atoms with van der Waals surface area (Å²) < 4.78 is 0. The number of pyridine rings is 1. The van der Waals surface area contributed by atoms with Crippen LogP contribution in [0.5, 0.6) is 0 Å². The first kappa shape index (κ1) is 15.9. The summed E-state index contributed by atoms with van der Waals surface area (Å²) in [4.78, 5) is 33.2. The van der Waals surface area contributed by atoms with Crippen LogP contribution in [0.15, 0.2) is 30.3 Å². The Kier molecular flexibility index (Phi) is 4.03. The molecule has 1 aromatic heterocycles. The quantitative estimate of drug-likeness (QED) is 0.913. The van der Waals surface area contributed by atoms with Gasteiger partial charge >= 0.3 is 6.03 Å². The summed E-state index contributed by atoms with van der Waals surface area (Å²) in [5.41, 5.74) is 2.43. The molecule has 2 aliphatic heterocycles. The molecule has 2 fully saturated rings. The Bertz CT molecular complexity index is 827. The summed E-state index contributed by atoms with van der Waals surface area (Å²) in [5, 5.41) is 3.75. The van der Waals surface area contributed by atoms with Gasteiger partial charge in [-0.3, -0.25) is 9.78 Å². The average molecular weight is 338 g/mol. The molecule has 130 valence electrons. The van der Waals surface area contributed by atoms with E-state index >= 15 is 0 Å². The molecule has 2 aliphatic rings. The Hall–Kier alpha value is -2.63. The van der Waals surface area contributed by atoms with Crippen molar-refractivity contribution in [2.24, 2.45) is 0 Å². The SMILES string of the molecule is Cc1cc(C(=O)N2CCC(N3CCNC3=O)CC2)c2ccccc2n1. The van der Waals surface area contributed by atoms with Crippen LogP contribution in [0.4, 0.5) is 4.79 Å². The molecule has 4 rings (SSSR count). The van der Waals surface area contributed by atoms with Crippen molar-refractivity contribution < 1.29 is 9.59 Å². The van der Waals surface area contributed by atoms with Crippen molar-refractivity contribution in [2.75, 3.05) is 26.2 Å². The molecular weight excluding hydrogens is 316 g/mol. The molecule has 6 heteroatoms. The van der Waals surface area contributed by atoms with E-state index in [1.54, 1.807) is 0 Å². The number of urea groups is 1. The molecular formula is C19H22N4O2. The third kappa shape index (κ3) is 2.92. The molecule has 0 aliphatic carbocycles. The van der Waals surface area contributed by atoms with E-state index in [1.165, 1.54) is 0 Å². The van der Waals surface area contributed by atoms with Crippen molar-refractivity contribution in [3.63, 3.8) is 0 Å². The van der Waals surface area contributed by atoms with Gasteiger partial charge in [0.05, 0.1) is 11.1 Å². The van der Waals surface area contributed by atoms with Gasteiger partial charge in [-0.2, -0.15) is 0 Å². The van der Waals surface area contributed by atoms with Crippen LogP contribution in [0.3, 0.4) is 0 Å². The van der Waals surface area contributed by atoms with Crippen LogP contribution in [0.2, 0.25) is 0 Å². The van der Waals surface area contributed by atoms with E-state index in [1.807, 2.05) is 47.1 Å². The van der Waals surface area contributed by atoms with Crippen molar-refractivity contribution in [3.8, 4) is 0 Å². The van der Waals surface area contributed by atoms with Gasteiger partial charge in [-0.25, -0.2) is 4.79 Å². The highest BCUT2D eigenvalue weighted by Gasteiger charge is 2.32. The minimum atomic E-state index is 0.0283. The van der Waals surface area contributed by atoms with Gasteiger partial charge in [-0.05, 0) is 31.9 Å². The number of amides is 3. The Morgan fingerprint density at radius 2 is 1.96 bits per heavy atom. The number of nitrogens with one attached hydrogen (secondary N) is 1. The fraction of sp³-hybridized carbons (Fsp3) is 0.421. The van der Waals surface area contributed by atoms with E-state index in [0.29, 0.717) is 13.1 Å². The number of para-hydroxylation sites is 1. The van der Waals surface area contributed by atoms with Gasteiger partial charge in [-0.15, -0.1) is 0 Å². The zero-order valence-electron chi connectivity index (χ0n) is 14.4. The molecule has 6 nitrogen and oxygen atoms in total. The number of likely N-dealkylation sites (tertiary alicyclic amines) is 1. The lowest BCUT2D eigenvalue weighted by atomic mass is 10.0. The van der Waals surface area contributed by atoms with Crippen LogP contribution in [-0.4, -0.2) is 58.9 Å². The first-order valence-corrected chi connectivity index (χ1v) is 8.83. The van der Waals surface area contributed by atoms with Gasteiger partial charge in [0.1, 0.15) is 0 Å². The molecule has 1 N–H and O–H groups in total. The second kappa shape index (κ2) is 6.35. The number of benzene rings is 1. The van der Waals surface area contributed by atoms with Crippen LogP contribution < -0.4 is 5.32 Å². The van der Waals surface area contributed by atoms with Crippen LogP contribution >= 0.6 is 0 Å². The van der Waals surface area contributed by atoms with Crippen LogP contribution in [-0.2, 0) is 0 Å². The normalized spacial score (nSPS) is 18.7. The Morgan fingerprint density at radius 3 is 2.68 bits per heavy atom. The first-order chi connectivity index (χ1) is 12.1. The molecule has 2 aromatic rings. The predicted molar refractivity (Wildman–Crippen MR) is 95.5 cm³/mol. The van der Waals surface area contributed by atoms with E-state index in [9.17, 15) is 9.59 Å². The van der Waals surface area contributed by atoms with Gasteiger partial charge < -0.3 is 15.1 Å². The summed E-state index contributed by atoms with van der Waals surface area (Å²) in [7, 11) is 0. The number of carbonyl (C=O) groups excluding carboxylic acids is 2. The van der Waals surface area contributed by atoms with E-state index < -0.39 is 0 Å². The molecule has 0 radical (unpaired) electrons. The number of aryl methyl sites for hydroxylation is 1. The van der Waals surface area contributed by atoms with Crippen LogP contribution in [0.25, 0.3) is 10.9 Å². The summed E-state index contributed by atoms with van der Waals surface area (Å²) in [6.45, 7) is 4.78. The zero-order chi connectivity index (χ0) is 17.4. The van der Waals surface area contributed by atoms with Crippen LogP contribution in [0, 0.1) is 6.92 Å².